The largest absolute Gasteiger partial charge is 0.316 e. The van der Waals surface area contributed by atoms with Crippen LogP contribution in [0, 0.1) is 6.57 Å². The maximum absolute atomic E-state index is 6.71. The van der Waals surface area contributed by atoms with E-state index >= 15 is 0 Å². The first-order chi connectivity index (χ1) is 6.79. The molecule has 1 heterocycles. The highest BCUT2D eigenvalue weighted by molar-refractivity contribution is 9.10. The van der Waals surface area contributed by atoms with Crippen LogP contribution in [-0.4, -0.2) is 11.5 Å². The van der Waals surface area contributed by atoms with Crippen LogP contribution in [-0.2, 0) is 6.42 Å². The molecule has 4 heteroatoms. The van der Waals surface area contributed by atoms with E-state index in [0.29, 0.717) is 6.54 Å². The molecular weight excluding hydrogens is 260 g/mol. The van der Waals surface area contributed by atoms with Gasteiger partial charge in [0, 0.05) is 4.47 Å². The van der Waals surface area contributed by atoms with Crippen LogP contribution in [0.4, 0.5) is 0 Å². The first-order valence-electron chi connectivity index (χ1n) is 4.18. The third-order valence-corrected chi connectivity index (χ3v) is 3.40. The van der Waals surface area contributed by atoms with E-state index in [0.717, 1.165) is 21.4 Å². The molecule has 0 bridgehead atoms. The third-order valence-electron chi connectivity index (χ3n) is 1.83. The van der Waals surface area contributed by atoms with Crippen molar-refractivity contribution < 1.29 is 0 Å². The molecule has 0 aliphatic heterocycles. The van der Waals surface area contributed by atoms with Crippen LogP contribution < -0.4 is 0 Å². The van der Waals surface area contributed by atoms with E-state index in [4.69, 9.17) is 6.57 Å². The fraction of sp³-hybridized carbons (Fsp3) is 0.200. The highest BCUT2D eigenvalue weighted by Crippen LogP contribution is 2.25. The zero-order valence-corrected chi connectivity index (χ0v) is 9.73. The van der Waals surface area contributed by atoms with Crippen LogP contribution in [0.15, 0.2) is 22.7 Å². The van der Waals surface area contributed by atoms with Crippen LogP contribution in [0.2, 0.25) is 0 Å². The molecule has 2 nitrogen and oxygen atoms in total. The van der Waals surface area contributed by atoms with Gasteiger partial charge in [-0.05, 0) is 18.2 Å². The van der Waals surface area contributed by atoms with Gasteiger partial charge >= 0.3 is 0 Å². The predicted octanol–water partition coefficient (Wildman–Crippen LogP) is 3.52. The monoisotopic (exact) mass is 266 g/mol. The topological polar surface area (TPSA) is 17.2 Å². The highest BCUT2D eigenvalue weighted by atomic mass is 79.9. The van der Waals surface area contributed by atoms with Crippen molar-refractivity contribution in [3.05, 3.63) is 39.1 Å². The van der Waals surface area contributed by atoms with E-state index in [1.807, 2.05) is 12.1 Å². The molecule has 0 fully saturated rings. The summed E-state index contributed by atoms with van der Waals surface area (Å²) in [5.74, 6) is 0. The Morgan fingerprint density at radius 3 is 3.14 bits per heavy atom. The zero-order chi connectivity index (χ0) is 9.97. The summed E-state index contributed by atoms with van der Waals surface area (Å²) >= 11 is 5.09. The van der Waals surface area contributed by atoms with Crippen molar-refractivity contribution in [3.63, 3.8) is 0 Å². The van der Waals surface area contributed by atoms with Crippen LogP contribution in [0.1, 0.15) is 5.01 Å². The number of benzene rings is 1. The lowest BCUT2D eigenvalue weighted by atomic mass is 10.3. The van der Waals surface area contributed by atoms with Gasteiger partial charge in [0.25, 0.3) is 0 Å². The van der Waals surface area contributed by atoms with Crippen molar-refractivity contribution in [2.45, 2.75) is 6.42 Å². The molecule has 2 rings (SSSR count). The van der Waals surface area contributed by atoms with E-state index in [1.165, 1.54) is 4.70 Å². The van der Waals surface area contributed by atoms with Crippen molar-refractivity contribution >= 4 is 37.5 Å². The highest BCUT2D eigenvalue weighted by Gasteiger charge is 2.04. The number of halogens is 1. The molecule has 0 aliphatic carbocycles. The standard InChI is InChI=1S/C10H7BrN2S/c1-12-5-4-10-13-8-3-2-7(11)6-9(8)14-10/h2-3,6H,4-5H2. The fourth-order valence-corrected chi connectivity index (χ4v) is 2.71. The minimum Gasteiger partial charge on any atom is -0.316 e. The molecule has 70 valence electrons. The maximum atomic E-state index is 6.71. The average molecular weight is 267 g/mol. The van der Waals surface area contributed by atoms with Crippen molar-refractivity contribution in [2.24, 2.45) is 0 Å². The van der Waals surface area contributed by atoms with Crippen LogP contribution in [0.25, 0.3) is 15.1 Å². The lowest BCUT2D eigenvalue weighted by Gasteiger charge is -1.86. The first kappa shape index (κ1) is 9.63. The van der Waals surface area contributed by atoms with Gasteiger partial charge in [-0.2, -0.15) is 0 Å². The molecule has 0 atom stereocenters. The van der Waals surface area contributed by atoms with Gasteiger partial charge in [0.2, 0.25) is 6.54 Å². The number of fused-ring (bicyclic) bond motifs is 1. The molecule has 1 aromatic carbocycles. The molecular formula is C10H7BrN2S. The molecule has 1 aromatic heterocycles. The molecule has 2 aromatic rings. The smallest absolute Gasteiger partial charge is 0.221 e. The van der Waals surface area contributed by atoms with E-state index in [2.05, 4.69) is 31.8 Å². The number of rotatable bonds is 2. The van der Waals surface area contributed by atoms with Crippen LogP contribution in [0.5, 0.6) is 0 Å². The van der Waals surface area contributed by atoms with Gasteiger partial charge < -0.3 is 4.85 Å². The van der Waals surface area contributed by atoms with Gasteiger partial charge in [0.05, 0.1) is 16.6 Å². The summed E-state index contributed by atoms with van der Waals surface area (Å²) in [5, 5.41) is 1.05. The Morgan fingerprint density at radius 2 is 2.36 bits per heavy atom. The second kappa shape index (κ2) is 4.07. The third kappa shape index (κ3) is 1.94. The molecule has 0 saturated heterocycles. The molecule has 0 radical (unpaired) electrons. The Kier molecular flexibility index (Phi) is 2.80. The normalized spacial score (nSPS) is 10.3. The number of hydrogen-bond donors (Lipinski definition) is 0. The summed E-state index contributed by atoms with van der Waals surface area (Å²) in [6.07, 6.45) is 0.764. The Bertz CT molecular complexity index is 498. The van der Waals surface area contributed by atoms with Crippen LogP contribution >= 0.6 is 27.3 Å². The predicted molar refractivity (Wildman–Crippen MR) is 62.5 cm³/mol. The van der Waals surface area contributed by atoms with Gasteiger partial charge in [0.1, 0.15) is 5.01 Å². The summed E-state index contributed by atoms with van der Waals surface area (Å²) in [5.41, 5.74) is 1.03. The quantitative estimate of drug-likeness (QED) is 0.761. The summed E-state index contributed by atoms with van der Waals surface area (Å²) in [7, 11) is 0. The van der Waals surface area contributed by atoms with Crippen LogP contribution in [0.3, 0.4) is 0 Å². The van der Waals surface area contributed by atoms with E-state index in [1.54, 1.807) is 11.3 Å². The van der Waals surface area contributed by atoms with Gasteiger partial charge in [-0.25, -0.2) is 11.6 Å². The lowest BCUT2D eigenvalue weighted by Crippen LogP contribution is -1.84. The van der Waals surface area contributed by atoms with Crippen molar-refractivity contribution in [3.8, 4) is 0 Å². The van der Waals surface area contributed by atoms with Gasteiger partial charge in [-0.3, -0.25) is 0 Å². The molecule has 0 unspecified atom stereocenters. The van der Waals surface area contributed by atoms with E-state index in [-0.39, 0.29) is 0 Å². The van der Waals surface area contributed by atoms with Gasteiger partial charge in [0.15, 0.2) is 0 Å². The van der Waals surface area contributed by atoms with E-state index in [9.17, 15) is 0 Å². The summed E-state index contributed by atoms with van der Waals surface area (Å²) in [6.45, 7) is 7.24. The molecule has 0 amide bonds. The number of thiazole rings is 1. The Balaban J connectivity index is 2.37. The number of aromatic nitrogens is 1. The Morgan fingerprint density at radius 1 is 1.50 bits per heavy atom. The summed E-state index contributed by atoms with van der Waals surface area (Å²) < 4.78 is 2.25. The minimum atomic E-state index is 0.529. The molecule has 0 saturated carbocycles. The summed E-state index contributed by atoms with van der Waals surface area (Å²) in [6, 6.07) is 6.05. The van der Waals surface area contributed by atoms with Crippen molar-refractivity contribution in [1.29, 1.82) is 0 Å². The summed E-state index contributed by atoms with van der Waals surface area (Å²) in [4.78, 5) is 7.77. The molecule has 0 N–H and O–H groups in total. The lowest BCUT2D eigenvalue weighted by molar-refractivity contribution is 1.06. The SMILES string of the molecule is [C-]#[N+]CCc1nc2ccc(Br)cc2s1. The minimum absolute atomic E-state index is 0.529. The molecule has 14 heavy (non-hydrogen) atoms. The fourth-order valence-electron chi connectivity index (χ4n) is 1.20. The average Bonchev–Trinajstić information content (AvgIpc) is 2.56. The van der Waals surface area contributed by atoms with Gasteiger partial charge in [-0.15, -0.1) is 11.3 Å². The zero-order valence-electron chi connectivity index (χ0n) is 7.33. The number of nitrogens with zero attached hydrogens (tertiary/aromatic N) is 2. The van der Waals surface area contributed by atoms with Gasteiger partial charge in [-0.1, -0.05) is 15.9 Å². The Hall–Kier alpha value is -0.920. The maximum Gasteiger partial charge on any atom is 0.221 e. The Labute approximate surface area is 94.5 Å². The van der Waals surface area contributed by atoms with Crippen molar-refractivity contribution in [1.82, 2.24) is 4.98 Å². The second-order valence-corrected chi connectivity index (χ2v) is 4.88. The van der Waals surface area contributed by atoms with Crippen molar-refractivity contribution in [2.75, 3.05) is 6.54 Å². The van der Waals surface area contributed by atoms with E-state index < -0.39 is 0 Å². The molecule has 0 spiro atoms. The molecule has 0 aliphatic rings. The first-order valence-corrected chi connectivity index (χ1v) is 5.79. The second-order valence-electron chi connectivity index (χ2n) is 2.85. The number of hydrogen-bond acceptors (Lipinski definition) is 2.